The highest BCUT2D eigenvalue weighted by molar-refractivity contribution is 14.1. The molecule has 60 valence electrons. The molecule has 0 unspecified atom stereocenters. The van der Waals surface area contributed by atoms with E-state index in [1.807, 2.05) is 34.7 Å². The van der Waals surface area contributed by atoms with E-state index >= 15 is 0 Å². The number of aromatic amines is 1. The summed E-state index contributed by atoms with van der Waals surface area (Å²) in [5, 5.41) is 1.01. The molecule has 2 rings (SSSR count). The number of hydrogen-bond acceptors (Lipinski definition) is 2. The van der Waals surface area contributed by atoms with Crippen LogP contribution in [0.15, 0.2) is 29.3 Å². The highest BCUT2D eigenvalue weighted by atomic mass is 127. The Hall–Kier alpha value is -0.910. The molecule has 0 aliphatic carbocycles. The summed E-state index contributed by atoms with van der Waals surface area (Å²) in [5.41, 5.74) is 0.721. The summed E-state index contributed by atoms with van der Waals surface area (Å²) in [6.45, 7) is 0. The third-order valence-electron chi connectivity index (χ3n) is 1.60. The van der Waals surface area contributed by atoms with Crippen LogP contribution in [-0.4, -0.2) is 9.97 Å². The Bertz CT molecular complexity index is 478. The normalized spacial score (nSPS) is 10.4. The van der Waals surface area contributed by atoms with Gasteiger partial charge in [0.15, 0.2) is 0 Å². The number of hydrogen-bond donors (Lipinski definition) is 1. The van der Waals surface area contributed by atoms with Crippen molar-refractivity contribution in [2.24, 2.45) is 0 Å². The number of fused-ring (bicyclic) bond motifs is 1. The number of halogens is 1. The Morgan fingerprint density at radius 3 is 3.17 bits per heavy atom. The Labute approximate surface area is 82.0 Å². The van der Waals surface area contributed by atoms with E-state index in [0.717, 1.165) is 10.9 Å². The van der Waals surface area contributed by atoms with E-state index < -0.39 is 0 Å². The summed E-state index contributed by atoms with van der Waals surface area (Å²) in [4.78, 5) is 17.8. The van der Waals surface area contributed by atoms with E-state index in [2.05, 4.69) is 9.97 Å². The number of aromatic nitrogens is 2. The van der Waals surface area contributed by atoms with Crippen LogP contribution in [0, 0.1) is 3.57 Å². The first-order valence-corrected chi connectivity index (χ1v) is 4.48. The molecule has 0 saturated carbocycles. The Morgan fingerprint density at radius 2 is 2.33 bits per heavy atom. The summed E-state index contributed by atoms with van der Waals surface area (Å²) in [5.74, 6) is 0. The van der Waals surface area contributed by atoms with Crippen molar-refractivity contribution in [1.29, 1.82) is 0 Å². The van der Waals surface area contributed by atoms with Crippen molar-refractivity contribution in [3.05, 3.63) is 38.5 Å². The van der Waals surface area contributed by atoms with Crippen molar-refractivity contribution < 1.29 is 0 Å². The monoisotopic (exact) mass is 272 g/mol. The molecule has 2 aromatic rings. The largest absolute Gasteiger partial charge is 0.320 e. The number of H-pyrrole nitrogens is 1. The van der Waals surface area contributed by atoms with E-state index in [9.17, 15) is 4.79 Å². The molecule has 0 aliphatic rings. The van der Waals surface area contributed by atoms with Crippen LogP contribution in [-0.2, 0) is 0 Å². The third kappa shape index (κ3) is 1.22. The minimum atomic E-state index is -0.0592. The molecule has 0 spiro atoms. The molecule has 3 nitrogen and oxygen atoms in total. The molecule has 0 aliphatic heterocycles. The minimum Gasteiger partial charge on any atom is -0.320 e. The summed E-state index contributed by atoms with van der Waals surface area (Å²) in [7, 11) is 0. The maximum Gasteiger partial charge on any atom is 0.261 e. The maximum absolute atomic E-state index is 11.1. The van der Waals surface area contributed by atoms with Gasteiger partial charge in [-0.2, -0.15) is 0 Å². The predicted molar refractivity (Wildman–Crippen MR) is 55.1 cm³/mol. The summed E-state index contributed by atoms with van der Waals surface area (Å²) in [6, 6.07) is 3.71. The molecule has 1 N–H and O–H groups in total. The maximum atomic E-state index is 11.1. The second-order valence-corrected chi connectivity index (χ2v) is 3.57. The number of rotatable bonds is 0. The zero-order chi connectivity index (χ0) is 8.55. The molecule has 0 atom stereocenters. The van der Waals surface area contributed by atoms with Crippen molar-refractivity contribution in [2.45, 2.75) is 0 Å². The van der Waals surface area contributed by atoms with Crippen LogP contribution in [0.4, 0.5) is 0 Å². The Kier molecular flexibility index (Phi) is 1.84. The van der Waals surface area contributed by atoms with Crippen LogP contribution in [0.2, 0.25) is 0 Å². The standard InChI is InChI=1S/C8H5IN2O/c9-6-3-5-1-2-10-4-7(5)11-8(6)12/h1-4H,(H,11,12). The second kappa shape index (κ2) is 2.85. The molecule has 0 bridgehead atoms. The zero-order valence-corrected chi connectivity index (χ0v) is 8.20. The van der Waals surface area contributed by atoms with Crippen molar-refractivity contribution in [1.82, 2.24) is 9.97 Å². The van der Waals surface area contributed by atoms with Gasteiger partial charge in [0.2, 0.25) is 0 Å². The predicted octanol–water partition coefficient (Wildman–Crippen LogP) is 1.53. The molecule has 0 aromatic carbocycles. The average Bonchev–Trinajstić information content (AvgIpc) is 2.07. The summed E-state index contributed by atoms with van der Waals surface area (Å²) >= 11 is 2.01. The molecular weight excluding hydrogens is 267 g/mol. The van der Waals surface area contributed by atoms with Gasteiger partial charge in [-0.1, -0.05) is 0 Å². The fraction of sp³-hybridized carbons (Fsp3) is 0. The van der Waals surface area contributed by atoms with E-state index in [1.54, 1.807) is 12.4 Å². The van der Waals surface area contributed by atoms with Gasteiger partial charge in [0.05, 0.1) is 15.3 Å². The SMILES string of the molecule is O=c1[nH]c2cnccc2cc1I. The average molecular weight is 272 g/mol. The van der Waals surface area contributed by atoms with Gasteiger partial charge < -0.3 is 4.98 Å². The van der Waals surface area contributed by atoms with Gasteiger partial charge in [-0.05, 0) is 34.7 Å². The van der Waals surface area contributed by atoms with E-state index in [0.29, 0.717) is 3.57 Å². The number of nitrogens with one attached hydrogen (secondary N) is 1. The molecule has 2 aromatic heterocycles. The molecule has 4 heteroatoms. The topological polar surface area (TPSA) is 45.8 Å². The van der Waals surface area contributed by atoms with E-state index in [4.69, 9.17) is 0 Å². The van der Waals surface area contributed by atoms with Gasteiger partial charge in [0, 0.05) is 11.6 Å². The van der Waals surface area contributed by atoms with Crippen LogP contribution >= 0.6 is 22.6 Å². The lowest BCUT2D eigenvalue weighted by atomic mass is 10.3. The van der Waals surface area contributed by atoms with Crippen LogP contribution in [0.25, 0.3) is 10.9 Å². The van der Waals surface area contributed by atoms with Crippen LogP contribution < -0.4 is 5.56 Å². The van der Waals surface area contributed by atoms with Crippen LogP contribution in [0.1, 0.15) is 0 Å². The van der Waals surface area contributed by atoms with Gasteiger partial charge in [-0.15, -0.1) is 0 Å². The fourth-order valence-corrected chi connectivity index (χ4v) is 1.49. The lowest BCUT2D eigenvalue weighted by Crippen LogP contribution is -2.08. The summed E-state index contributed by atoms with van der Waals surface area (Å²) < 4.78 is 0.700. The molecule has 0 amide bonds. The fourth-order valence-electron chi connectivity index (χ4n) is 1.02. The van der Waals surface area contributed by atoms with Gasteiger partial charge in [-0.25, -0.2) is 0 Å². The quantitative estimate of drug-likeness (QED) is 0.739. The first-order valence-electron chi connectivity index (χ1n) is 3.40. The smallest absolute Gasteiger partial charge is 0.261 e. The van der Waals surface area contributed by atoms with E-state index in [1.165, 1.54) is 0 Å². The molecular formula is C8H5IN2O. The minimum absolute atomic E-state index is 0.0592. The second-order valence-electron chi connectivity index (χ2n) is 2.41. The van der Waals surface area contributed by atoms with Crippen molar-refractivity contribution >= 4 is 33.5 Å². The Morgan fingerprint density at radius 1 is 1.50 bits per heavy atom. The molecule has 0 fully saturated rings. The lowest BCUT2D eigenvalue weighted by molar-refractivity contribution is 1.24. The van der Waals surface area contributed by atoms with Crippen molar-refractivity contribution in [3.8, 4) is 0 Å². The Balaban J connectivity index is 2.93. The van der Waals surface area contributed by atoms with Gasteiger partial charge in [0.25, 0.3) is 5.56 Å². The van der Waals surface area contributed by atoms with Gasteiger partial charge in [0.1, 0.15) is 0 Å². The summed E-state index contributed by atoms with van der Waals surface area (Å²) in [6.07, 6.45) is 3.35. The first kappa shape index (κ1) is 7.72. The highest BCUT2D eigenvalue weighted by Gasteiger charge is 1.97. The lowest BCUT2D eigenvalue weighted by Gasteiger charge is -1.95. The molecule has 0 saturated heterocycles. The van der Waals surface area contributed by atoms with Crippen molar-refractivity contribution in [2.75, 3.05) is 0 Å². The van der Waals surface area contributed by atoms with Crippen LogP contribution in [0.5, 0.6) is 0 Å². The van der Waals surface area contributed by atoms with E-state index in [-0.39, 0.29) is 5.56 Å². The van der Waals surface area contributed by atoms with Gasteiger partial charge >= 0.3 is 0 Å². The molecule has 12 heavy (non-hydrogen) atoms. The molecule has 0 radical (unpaired) electrons. The van der Waals surface area contributed by atoms with Crippen LogP contribution in [0.3, 0.4) is 0 Å². The van der Waals surface area contributed by atoms with Crippen molar-refractivity contribution in [3.63, 3.8) is 0 Å². The third-order valence-corrected chi connectivity index (χ3v) is 2.40. The number of nitrogens with zero attached hydrogens (tertiary/aromatic N) is 1. The first-order chi connectivity index (χ1) is 5.77. The highest BCUT2D eigenvalue weighted by Crippen LogP contribution is 2.09. The number of pyridine rings is 2. The zero-order valence-electron chi connectivity index (χ0n) is 6.04. The van der Waals surface area contributed by atoms with Gasteiger partial charge in [-0.3, -0.25) is 9.78 Å². The molecule has 2 heterocycles.